The van der Waals surface area contributed by atoms with Crippen LogP contribution in [0.1, 0.15) is 39.5 Å². The Bertz CT molecular complexity index is 365. The maximum absolute atomic E-state index is 11.7. The Morgan fingerprint density at radius 1 is 1.14 bits per heavy atom. The third-order valence-electron chi connectivity index (χ3n) is 3.31. The molecule has 3 amide bonds. The van der Waals surface area contributed by atoms with Gasteiger partial charge in [-0.15, -0.1) is 0 Å². The highest BCUT2D eigenvalue weighted by Gasteiger charge is 2.24. The minimum absolute atomic E-state index is 0.0108. The van der Waals surface area contributed by atoms with Gasteiger partial charge in [-0.25, -0.2) is 4.79 Å². The second kappa shape index (κ2) is 9.20. The lowest BCUT2D eigenvalue weighted by Crippen LogP contribution is -2.48. The van der Waals surface area contributed by atoms with Crippen LogP contribution in [-0.4, -0.2) is 55.1 Å². The van der Waals surface area contributed by atoms with Crippen molar-refractivity contribution in [3.63, 3.8) is 0 Å². The number of likely N-dealkylation sites (tertiary alicyclic amines) is 1. The summed E-state index contributed by atoms with van der Waals surface area (Å²) in [5.74, 6) is -0.293. The predicted molar refractivity (Wildman–Crippen MR) is 77.7 cm³/mol. The first-order chi connectivity index (χ1) is 10.1. The molecule has 0 radical (unpaired) electrons. The van der Waals surface area contributed by atoms with E-state index < -0.39 is 0 Å². The normalized spacial score (nSPS) is 15.4. The molecule has 0 saturated carbocycles. The molecule has 1 heterocycles. The molecule has 0 aromatic heterocycles. The highest BCUT2D eigenvalue weighted by atomic mass is 16.6. The van der Waals surface area contributed by atoms with Crippen LogP contribution in [0.5, 0.6) is 0 Å². The highest BCUT2D eigenvalue weighted by molar-refractivity contribution is 5.84. The minimum Gasteiger partial charge on any atom is -0.450 e. The van der Waals surface area contributed by atoms with E-state index in [4.69, 9.17) is 4.74 Å². The molecule has 7 nitrogen and oxygen atoms in total. The van der Waals surface area contributed by atoms with Crippen molar-refractivity contribution in [2.24, 2.45) is 0 Å². The second-order valence-electron chi connectivity index (χ2n) is 5.05. The zero-order valence-electron chi connectivity index (χ0n) is 12.8. The summed E-state index contributed by atoms with van der Waals surface area (Å²) in [6.45, 7) is 5.22. The molecule has 120 valence electrons. The summed E-state index contributed by atoms with van der Waals surface area (Å²) in [7, 11) is 0. The first kappa shape index (κ1) is 17.3. The van der Waals surface area contributed by atoms with Gasteiger partial charge in [0.05, 0.1) is 13.2 Å². The van der Waals surface area contributed by atoms with E-state index in [1.165, 1.54) is 0 Å². The van der Waals surface area contributed by atoms with Gasteiger partial charge in [0, 0.05) is 25.6 Å². The zero-order valence-corrected chi connectivity index (χ0v) is 12.8. The molecule has 2 N–H and O–H groups in total. The van der Waals surface area contributed by atoms with Crippen LogP contribution in [0.25, 0.3) is 0 Å². The van der Waals surface area contributed by atoms with E-state index in [1.54, 1.807) is 11.8 Å². The van der Waals surface area contributed by atoms with Crippen molar-refractivity contribution < 1.29 is 19.1 Å². The molecule has 0 atom stereocenters. The molecule has 21 heavy (non-hydrogen) atoms. The standard InChI is InChI=1S/C14H25N3O4/c1-3-5-12(18)15-10-13(19)16-11-6-8-17(9-7-11)14(20)21-4-2/h11H,3-10H2,1-2H3,(H,15,18)(H,16,19). The number of rotatable bonds is 6. The SMILES string of the molecule is CCCC(=O)NCC(=O)NC1CCN(C(=O)OCC)CC1. The summed E-state index contributed by atoms with van der Waals surface area (Å²) in [6, 6.07) is 0.0475. The second-order valence-corrected chi connectivity index (χ2v) is 5.05. The van der Waals surface area contributed by atoms with E-state index in [-0.39, 0.29) is 30.5 Å². The van der Waals surface area contributed by atoms with Gasteiger partial charge in [0.25, 0.3) is 0 Å². The lowest BCUT2D eigenvalue weighted by molar-refractivity contribution is -0.126. The number of hydrogen-bond acceptors (Lipinski definition) is 4. The van der Waals surface area contributed by atoms with Crippen molar-refractivity contribution >= 4 is 17.9 Å². The van der Waals surface area contributed by atoms with Gasteiger partial charge >= 0.3 is 6.09 Å². The molecule has 1 rings (SSSR count). The molecule has 0 bridgehead atoms. The Morgan fingerprint density at radius 3 is 2.38 bits per heavy atom. The van der Waals surface area contributed by atoms with Crippen LogP contribution in [0, 0.1) is 0 Å². The van der Waals surface area contributed by atoms with Crippen molar-refractivity contribution in [2.45, 2.75) is 45.6 Å². The van der Waals surface area contributed by atoms with Crippen LogP contribution in [0.15, 0.2) is 0 Å². The molecule has 1 aliphatic heterocycles. The van der Waals surface area contributed by atoms with E-state index in [1.807, 2.05) is 6.92 Å². The monoisotopic (exact) mass is 299 g/mol. The molecule has 0 aromatic carbocycles. The Kier molecular flexibility index (Phi) is 7.56. The minimum atomic E-state index is -0.297. The van der Waals surface area contributed by atoms with Crippen molar-refractivity contribution in [2.75, 3.05) is 26.2 Å². The molecule has 1 aliphatic rings. The number of nitrogens with one attached hydrogen (secondary N) is 2. The summed E-state index contributed by atoms with van der Waals surface area (Å²) in [5, 5.41) is 5.46. The fraction of sp³-hybridized carbons (Fsp3) is 0.786. The van der Waals surface area contributed by atoms with E-state index in [2.05, 4.69) is 10.6 Å². The maximum Gasteiger partial charge on any atom is 0.409 e. The fourth-order valence-corrected chi connectivity index (χ4v) is 2.19. The Morgan fingerprint density at radius 2 is 1.81 bits per heavy atom. The van der Waals surface area contributed by atoms with Gasteiger partial charge in [0.1, 0.15) is 0 Å². The number of carbonyl (C=O) groups is 3. The average molecular weight is 299 g/mol. The van der Waals surface area contributed by atoms with Crippen molar-refractivity contribution in [3.8, 4) is 0 Å². The van der Waals surface area contributed by atoms with E-state index >= 15 is 0 Å². The molecule has 7 heteroatoms. The van der Waals surface area contributed by atoms with Gasteiger partial charge in [0.15, 0.2) is 0 Å². The van der Waals surface area contributed by atoms with Crippen LogP contribution in [-0.2, 0) is 14.3 Å². The highest BCUT2D eigenvalue weighted by Crippen LogP contribution is 2.11. The van der Waals surface area contributed by atoms with Gasteiger partial charge in [-0.05, 0) is 26.2 Å². The lowest BCUT2D eigenvalue weighted by Gasteiger charge is -2.31. The fourth-order valence-electron chi connectivity index (χ4n) is 2.19. The van der Waals surface area contributed by atoms with Gasteiger partial charge in [-0.3, -0.25) is 9.59 Å². The summed E-state index contributed by atoms with van der Waals surface area (Å²) >= 11 is 0. The number of ether oxygens (including phenoxy) is 1. The summed E-state index contributed by atoms with van der Waals surface area (Å²) in [5.41, 5.74) is 0. The van der Waals surface area contributed by atoms with Crippen molar-refractivity contribution in [1.82, 2.24) is 15.5 Å². The Balaban J connectivity index is 2.21. The molecular formula is C14H25N3O4. The van der Waals surface area contributed by atoms with E-state index in [9.17, 15) is 14.4 Å². The third kappa shape index (κ3) is 6.46. The van der Waals surface area contributed by atoms with Crippen LogP contribution < -0.4 is 10.6 Å². The molecule has 0 spiro atoms. The molecule has 0 aromatic rings. The first-order valence-electron chi connectivity index (χ1n) is 7.54. The number of carbonyl (C=O) groups excluding carboxylic acids is 3. The topological polar surface area (TPSA) is 87.7 Å². The van der Waals surface area contributed by atoms with Crippen LogP contribution in [0.2, 0.25) is 0 Å². The van der Waals surface area contributed by atoms with Crippen LogP contribution >= 0.6 is 0 Å². The molecule has 0 unspecified atom stereocenters. The van der Waals surface area contributed by atoms with Gasteiger partial charge < -0.3 is 20.3 Å². The zero-order chi connectivity index (χ0) is 15.7. The Hall–Kier alpha value is -1.79. The van der Waals surface area contributed by atoms with Crippen LogP contribution in [0.4, 0.5) is 4.79 Å². The van der Waals surface area contributed by atoms with Gasteiger partial charge in [0.2, 0.25) is 11.8 Å². The molecular weight excluding hydrogens is 274 g/mol. The van der Waals surface area contributed by atoms with Gasteiger partial charge in [-0.1, -0.05) is 6.92 Å². The number of hydrogen-bond donors (Lipinski definition) is 2. The summed E-state index contributed by atoms with van der Waals surface area (Å²) in [6.07, 6.45) is 2.31. The average Bonchev–Trinajstić information content (AvgIpc) is 2.46. The van der Waals surface area contributed by atoms with Crippen molar-refractivity contribution in [1.29, 1.82) is 0 Å². The Labute approximate surface area is 125 Å². The first-order valence-corrected chi connectivity index (χ1v) is 7.54. The maximum atomic E-state index is 11.7. The molecule has 0 aliphatic carbocycles. The smallest absolute Gasteiger partial charge is 0.409 e. The molecule has 1 saturated heterocycles. The van der Waals surface area contributed by atoms with E-state index in [0.717, 1.165) is 6.42 Å². The third-order valence-corrected chi connectivity index (χ3v) is 3.31. The quantitative estimate of drug-likeness (QED) is 0.753. The summed E-state index contributed by atoms with van der Waals surface area (Å²) < 4.78 is 4.94. The summed E-state index contributed by atoms with van der Waals surface area (Å²) in [4.78, 5) is 36.2. The van der Waals surface area contributed by atoms with E-state index in [0.29, 0.717) is 39.0 Å². The molecule has 1 fully saturated rings. The lowest BCUT2D eigenvalue weighted by atomic mass is 10.1. The van der Waals surface area contributed by atoms with Gasteiger partial charge in [-0.2, -0.15) is 0 Å². The number of piperidine rings is 1. The largest absolute Gasteiger partial charge is 0.450 e. The predicted octanol–water partition coefficient (Wildman–Crippen LogP) is 0.640. The number of nitrogens with zero attached hydrogens (tertiary/aromatic N) is 1. The van der Waals surface area contributed by atoms with Crippen molar-refractivity contribution in [3.05, 3.63) is 0 Å². The number of amides is 3. The van der Waals surface area contributed by atoms with Crippen LogP contribution in [0.3, 0.4) is 0 Å².